The summed E-state index contributed by atoms with van der Waals surface area (Å²) < 4.78 is 15.5. The van der Waals surface area contributed by atoms with Crippen LogP contribution < -0.4 is 11.1 Å². The van der Waals surface area contributed by atoms with Crippen LogP contribution in [0.1, 0.15) is 24.8 Å². The number of aromatic nitrogens is 2. The van der Waals surface area contributed by atoms with Gasteiger partial charge >= 0.3 is 0 Å². The first-order chi connectivity index (χ1) is 13.9. The molecule has 1 heterocycles. The summed E-state index contributed by atoms with van der Waals surface area (Å²) in [7, 11) is 1.92. The Bertz CT molecular complexity index is 1130. The molecule has 0 radical (unpaired) electrons. The molecule has 2 saturated carbocycles. The molecule has 0 aliphatic heterocycles. The molecule has 5 rings (SSSR count). The van der Waals surface area contributed by atoms with Gasteiger partial charge in [-0.15, -0.1) is 24.8 Å². The maximum Gasteiger partial charge on any atom is 0.229 e. The molecule has 31 heavy (non-hydrogen) atoms. The number of halogens is 3. The van der Waals surface area contributed by atoms with Gasteiger partial charge in [-0.2, -0.15) is 0 Å². The van der Waals surface area contributed by atoms with Crippen molar-refractivity contribution in [3.8, 4) is 11.4 Å². The summed E-state index contributed by atoms with van der Waals surface area (Å²) in [6, 6.07) is 10.5. The van der Waals surface area contributed by atoms with Gasteiger partial charge < -0.3 is 15.6 Å². The fourth-order valence-electron chi connectivity index (χ4n) is 5.32. The molecule has 8 heteroatoms. The summed E-state index contributed by atoms with van der Waals surface area (Å²) in [6.07, 6.45) is 3.36. The van der Waals surface area contributed by atoms with E-state index in [-0.39, 0.29) is 48.5 Å². The van der Waals surface area contributed by atoms with E-state index < -0.39 is 0 Å². The third-order valence-electron chi connectivity index (χ3n) is 6.87. The van der Waals surface area contributed by atoms with Crippen LogP contribution in [0.3, 0.4) is 0 Å². The fourth-order valence-corrected chi connectivity index (χ4v) is 5.32. The first kappa shape index (κ1) is 23.5. The number of nitrogens with zero attached hydrogens (tertiary/aromatic N) is 2. The molecule has 1 amide bonds. The highest BCUT2D eigenvalue weighted by molar-refractivity contribution is 5.94. The van der Waals surface area contributed by atoms with E-state index in [4.69, 9.17) is 5.73 Å². The minimum atomic E-state index is -0.296. The van der Waals surface area contributed by atoms with Crippen LogP contribution in [0.15, 0.2) is 36.4 Å². The van der Waals surface area contributed by atoms with E-state index >= 15 is 0 Å². The van der Waals surface area contributed by atoms with Gasteiger partial charge in [0, 0.05) is 30.4 Å². The van der Waals surface area contributed by atoms with E-state index in [0.29, 0.717) is 17.4 Å². The number of benzene rings is 2. The molecular weight excluding hydrogens is 438 g/mol. The van der Waals surface area contributed by atoms with Crippen molar-refractivity contribution in [3.05, 3.63) is 47.8 Å². The molecule has 4 atom stereocenters. The standard InChI is InChI=1S/C23H25FN4O.2ClH/c1-12-9-15(22-26-18-11-16(24)6-8-19(18)28(22)2)5-7-17(12)27-23(29)20-13-3-4-14(10-13)21(20)25;;/h5-9,11,13-14,20-21H,3-4,10,25H2,1-2H3,(H,27,29);2*1H. The van der Waals surface area contributed by atoms with E-state index in [1.807, 2.05) is 36.7 Å². The van der Waals surface area contributed by atoms with Crippen molar-refractivity contribution in [2.45, 2.75) is 32.2 Å². The lowest BCUT2D eigenvalue weighted by atomic mass is 9.84. The Morgan fingerprint density at radius 2 is 1.90 bits per heavy atom. The van der Waals surface area contributed by atoms with Crippen LogP contribution in [-0.2, 0) is 11.8 Å². The van der Waals surface area contributed by atoms with Crippen LogP contribution in [0.4, 0.5) is 10.1 Å². The number of carbonyl (C=O) groups is 1. The minimum absolute atomic E-state index is 0. The zero-order valence-electron chi connectivity index (χ0n) is 17.5. The summed E-state index contributed by atoms with van der Waals surface area (Å²) in [5, 5.41) is 3.10. The van der Waals surface area contributed by atoms with Gasteiger partial charge in [0.05, 0.1) is 17.0 Å². The number of nitrogens with two attached hydrogens (primary N) is 1. The number of hydrogen-bond donors (Lipinski definition) is 2. The second-order valence-corrected chi connectivity index (χ2v) is 8.58. The van der Waals surface area contributed by atoms with Crippen molar-refractivity contribution >= 4 is 47.4 Å². The van der Waals surface area contributed by atoms with Gasteiger partial charge in [0.1, 0.15) is 11.6 Å². The molecule has 0 spiro atoms. The predicted octanol–water partition coefficient (Wildman–Crippen LogP) is 4.84. The number of amides is 1. The van der Waals surface area contributed by atoms with Gasteiger partial charge in [0.2, 0.25) is 5.91 Å². The molecular formula is C23H27Cl2FN4O. The molecule has 2 bridgehead atoms. The summed E-state index contributed by atoms with van der Waals surface area (Å²) in [5.74, 6) is 1.36. The first-order valence-electron chi connectivity index (χ1n) is 10.2. The fraction of sp³-hybridized carbons (Fsp3) is 0.391. The van der Waals surface area contributed by atoms with Gasteiger partial charge in [0.25, 0.3) is 0 Å². The van der Waals surface area contributed by atoms with E-state index in [1.165, 1.54) is 12.1 Å². The van der Waals surface area contributed by atoms with Crippen LogP contribution in [0.2, 0.25) is 0 Å². The second-order valence-electron chi connectivity index (χ2n) is 8.58. The molecule has 1 aromatic heterocycles. The van der Waals surface area contributed by atoms with Crippen LogP contribution in [0.5, 0.6) is 0 Å². The molecule has 5 nitrogen and oxygen atoms in total. The normalized spacial score (nSPS) is 24.0. The van der Waals surface area contributed by atoms with Crippen LogP contribution in [-0.4, -0.2) is 21.5 Å². The molecule has 3 N–H and O–H groups in total. The highest BCUT2D eigenvalue weighted by Crippen LogP contribution is 2.48. The molecule has 166 valence electrons. The smallest absolute Gasteiger partial charge is 0.229 e. The summed E-state index contributed by atoms with van der Waals surface area (Å²) in [6.45, 7) is 1.97. The number of aryl methyl sites for hydroxylation is 2. The largest absolute Gasteiger partial charge is 0.327 e. The third kappa shape index (κ3) is 3.93. The Balaban J connectivity index is 0.00000136. The number of carbonyl (C=O) groups excluding carboxylic acids is 1. The van der Waals surface area contributed by atoms with Crippen molar-refractivity contribution in [2.75, 3.05) is 5.32 Å². The minimum Gasteiger partial charge on any atom is -0.327 e. The highest BCUT2D eigenvalue weighted by Gasteiger charge is 2.49. The Hall–Kier alpha value is -2.15. The number of fused-ring (bicyclic) bond motifs is 3. The lowest BCUT2D eigenvalue weighted by Crippen LogP contribution is -2.42. The average molecular weight is 465 g/mol. The van der Waals surface area contributed by atoms with Crippen molar-refractivity contribution in [3.63, 3.8) is 0 Å². The summed E-state index contributed by atoms with van der Waals surface area (Å²) in [5.41, 5.74) is 10.5. The zero-order chi connectivity index (χ0) is 20.3. The molecule has 3 aromatic rings. The van der Waals surface area contributed by atoms with Crippen molar-refractivity contribution < 1.29 is 9.18 Å². The lowest BCUT2D eigenvalue weighted by Gasteiger charge is -2.27. The van der Waals surface area contributed by atoms with Crippen LogP contribution in [0, 0.1) is 30.5 Å². The molecule has 4 unspecified atom stereocenters. The maximum absolute atomic E-state index is 13.5. The van der Waals surface area contributed by atoms with E-state index in [9.17, 15) is 9.18 Å². The van der Waals surface area contributed by atoms with Gasteiger partial charge in [-0.25, -0.2) is 9.37 Å². The first-order valence-corrected chi connectivity index (χ1v) is 10.2. The zero-order valence-corrected chi connectivity index (χ0v) is 19.1. The van der Waals surface area contributed by atoms with Crippen molar-refractivity contribution in [1.29, 1.82) is 0 Å². The number of hydrogen-bond acceptors (Lipinski definition) is 3. The average Bonchev–Trinajstić information content (AvgIpc) is 3.36. The SMILES string of the molecule is Cc1cc(-c2nc3cc(F)ccc3n2C)ccc1NC(=O)C1C2CCC(C2)C1N.Cl.Cl. The molecule has 2 aliphatic rings. The number of rotatable bonds is 3. The van der Waals surface area contributed by atoms with Crippen LogP contribution >= 0.6 is 24.8 Å². The Labute approximate surface area is 193 Å². The van der Waals surface area contributed by atoms with E-state index in [2.05, 4.69) is 10.3 Å². The Morgan fingerprint density at radius 3 is 2.58 bits per heavy atom. The van der Waals surface area contributed by atoms with Gasteiger partial charge in [-0.05, 0) is 73.9 Å². The summed E-state index contributed by atoms with van der Waals surface area (Å²) >= 11 is 0. The van der Waals surface area contributed by atoms with Gasteiger partial charge in [-0.3, -0.25) is 4.79 Å². The maximum atomic E-state index is 13.5. The van der Waals surface area contributed by atoms with Crippen molar-refractivity contribution in [2.24, 2.45) is 30.5 Å². The summed E-state index contributed by atoms with van der Waals surface area (Å²) in [4.78, 5) is 17.5. The third-order valence-corrected chi connectivity index (χ3v) is 6.87. The quantitative estimate of drug-likeness (QED) is 0.581. The molecule has 2 fully saturated rings. The Kier molecular flexibility index (Phi) is 6.65. The second kappa shape index (κ2) is 8.77. The van der Waals surface area contributed by atoms with Crippen molar-refractivity contribution in [1.82, 2.24) is 9.55 Å². The molecule has 2 aliphatic carbocycles. The van der Waals surface area contributed by atoms with Gasteiger partial charge in [-0.1, -0.05) is 0 Å². The monoisotopic (exact) mass is 464 g/mol. The van der Waals surface area contributed by atoms with Gasteiger partial charge in [0.15, 0.2) is 0 Å². The van der Waals surface area contributed by atoms with Crippen LogP contribution in [0.25, 0.3) is 22.4 Å². The highest BCUT2D eigenvalue weighted by atomic mass is 35.5. The van der Waals surface area contributed by atoms with E-state index in [1.54, 1.807) is 6.07 Å². The number of imidazole rings is 1. The number of nitrogens with one attached hydrogen (secondary N) is 1. The number of anilines is 1. The Morgan fingerprint density at radius 1 is 1.16 bits per heavy atom. The molecule has 0 saturated heterocycles. The molecule has 2 aromatic carbocycles. The topological polar surface area (TPSA) is 72.9 Å². The van der Waals surface area contributed by atoms with E-state index in [0.717, 1.165) is 47.4 Å². The lowest BCUT2D eigenvalue weighted by molar-refractivity contribution is -0.121. The predicted molar refractivity (Wildman–Crippen MR) is 126 cm³/mol.